The molecule has 1 heterocycles. The molecule has 32 heavy (non-hydrogen) atoms. The van der Waals surface area contributed by atoms with E-state index in [-0.39, 0.29) is 11.5 Å². The lowest BCUT2D eigenvalue weighted by atomic mass is 9.47. The highest BCUT2D eigenvalue weighted by Crippen LogP contribution is 2.66. The largest absolute Gasteiger partial charge is 0.472 e. The van der Waals surface area contributed by atoms with Gasteiger partial charge in [-0.3, -0.25) is 4.79 Å². The highest BCUT2D eigenvalue weighted by molar-refractivity contribution is 6.31. The number of allylic oxidation sites excluding steroid dienone is 2. The van der Waals surface area contributed by atoms with Gasteiger partial charge in [0, 0.05) is 29.3 Å². The molecule has 0 N–H and O–H groups in total. The number of benzene rings is 1. The van der Waals surface area contributed by atoms with Crippen molar-refractivity contribution < 1.29 is 9.53 Å². The molecule has 5 aliphatic rings. The van der Waals surface area contributed by atoms with Gasteiger partial charge in [0.15, 0.2) is 0 Å². The molecule has 4 aliphatic carbocycles. The molecule has 0 amide bonds. The first kappa shape index (κ1) is 21.0. The Morgan fingerprint density at radius 1 is 1.09 bits per heavy atom. The lowest BCUT2D eigenvalue weighted by Crippen LogP contribution is -2.51. The van der Waals surface area contributed by atoms with Gasteiger partial charge in [-0.1, -0.05) is 43.2 Å². The summed E-state index contributed by atoms with van der Waals surface area (Å²) in [6, 6.07) is 7.86. The molecule has 170 valence electrons. The monoisotopic (exact) mass is 451 g/mol. The molecule has 0 saturated heterocycles. The van der Waals surface area contributed by atoms with Gasteiger partial charge in [0.25, 0.3) is 0 Å². The maximum absolute atomic E-state index is 12.1. The summed E-state index contributed by atoms with van der Waals surface area (Å²) in [5.41, 5.74) is 3.04. The van der Waals surface area contributed by atoms with Crippen LogP contribution in [0, 0.1) is 34.5 Å². The average molecular weight is 452 g/mol. The molecule has 0 radical (unpaired) electrons. The molecule has 3 saturated carbocycles. The standard InChI is InChI=1S/C28H34ClNO2/c1-27-12-10-20(31)15-18(27)6-7-21-22-8-9-24(28(22,2)13-11-23(21)27)25-16-30-26(32-25)17-4-3-5-19(29)14-17/h3-6,14,21-25H,7-13,15-16H2,1-2H3/t21-,22-,23-,24+,25-,27-,28-/m0/s1. The van der Waals surface area contributed by atoms with Crippen LogP contribution >= 0.6 is 11.6 Å². The number of carbonyl (C=O) groups excluding carboxylic acids is 1. The van der Waals surface area contributed by atoms with Crippen molar-refractivity contribution in [1.29, 1.82) is 0 Å². The van der Waals surface area contributed by atoms with E-state index in [4.69, 9.17) is 21.3 Å². The fourth-order valence-electron chi connectivity index (χ4n) is 8.51. The first-order valence-corrected chi connectivity index (χ1v) is 12.9. The molecule has 0 aromatic heterocycles. The van der Waals surface area contributed by atoms with Crippen molar-refractivity contribution in [3.63, 3.8) is 0 Å². The summed E-state index contributed by atoms with van der Waals surface area (Å²) < 4.78 is 6.50. The number of halogens is 1. The molecule has 4 heteroatoms. The molecule has 3 nitrogen and oxygen atoms in total. The summed E-state index contributed by atoms with van der Waals surface area (Å²) >= 11 is 6.20. The smallest absolute Gasteiger partial charge is 0.216 e. The molecule has 6 rings (SSSR count). The van der Waals surface area contributed by atoms with E-state index in [0.717, 1.165) is 53.6 Å². The van der Waals surface area contributed by atoms with Gasteiger partial charge in [0.1, 0.15) is 11.9 Å². The fourth-order valence-corrected chi connectivity index (χ4v) is 8.70. The van der Waals surface area contributed by atoms with Crippen molar-refractivity contribution in [2.45, 2.75) is 71.3 Å². The Hall–Kier alpha value is -1.61. The lowest BCUT2D eigenvalue weighted by Gasteiger charge is -2.57. The Morgan fingerprint density at radius 3 is 2.78 bits per heavy atom. The zero-order chi connectivity index (χ0) is 22.1. The maximum atomic E-state index is 12.1. The number of hydrogen-bond donors (Lipinski definition) is 0. The number of Topliss-reactive ketones (excluding diaryl/α,β-unsaturated/α-hetero) is 1. The Labute approximate surface area is 196 Å². The quantitative estimate of drug-likeness (QED) is 0.473. The molecular formula is C28H34ClNO2. The average Bonchev–Trinajstić information content (AvgIpc) is 3.38. The zero-order valence-electron chi connectivity index (χ0n) is 19.3. The molecule has 1 aromatic carbocycles. The second kappa shape index (κ2) is 7.45. The molecule has 0 spiro atoms. The summed E-state index contributed by atoms with van der Waals surface area (Å²) in [5, 5.41) is 0.728. The van der Waals surface area contributed by atoms with Gasteiger partial charge in [-0.05, 0) is 85.3 Å². The molecule has 3 fully saturated rings. The summed E-state index contributed by atoms with van der Waals surface area (Å²) in [7, 11) is 0. The van der Waals surface area contributed by atoms with E-state index in [9.17, 15) is 4.79 Å². The molecule has 0 bridgehead atoms. The fraction of sp³-hybridized carbons (Fsp3) is 0.643. The normalized spacial score (nSPS) is 43.0. The number of rotatable bonds is 2. The van der Waals surface area contributed by atoms with E-state index in [2.05, 4.69) is 19.9 Å². The van der Waals surface area contributed by atoms with Crippen LogP contribution in [0.3, 0.4) is 0 Å². The van der Waals surface area contributed by atoms with Gasteiger partial charge in [-0.2, -0.15) is 0 Å². The first-order valence-electron chi connectivity index (χ1n) is 12.6. The second-order valence-corrected chi connectivity index (χ2v) is 12.0. The van der Waals surface area contributed by atoms with Crippen molar-refractivity contribution in [2.24, 2.45) is 39.5 Å². The van der Waals surface area contributed by atoms with Crippen LogP contribution in [0.25, 0.3) is 0 Å². The third-order valence-corrected chi connectivity index (χ3v) is 10.4. The number of fused-ring (bicyclic) bond motifs is 5. The predicted octanol–water partition coefficient (Wildman–Crippen LogP) is 6.63. The Kier molecular flexibility index (Phi) is 4.88. The highest BCUT2D eigenvalue weighted by atomic mass is 35.5. The lowest BCUT2D eigenvalue weighted by molar-refractivity contribution is -0.122. The third-order valence-electron chi connectivity index (χ3n) is 10.2. The van der Waals surface area contributed by atoms with Crippen molar-refractivity contribution in [1.82, 2.24) is 0 Å². The maximum Gasteiger partial charge on any atom is 0.216 e. The Bertz CT molecular complexity index is 1010. The molecule has 1 aromatic rings. The van der Waals surface area contributed by atoms with E-state index in [1.165, 1.54) is 37.7 Å². The van der Waals surface area contributed by atoms with Crippen LogP contribution < -0.4 is 0 Å². The third kappa shape index (κ3) is 3.06. The SMILES string of the molecule is C[C@]12CC[C@H]3[C@@H](CC=C4CC(=O)CC[C@@]43C)[C@@H]1CC[C@@H]2[C@@H]1CN=C(c2cccc(Cl)c2)O1. The van der Waals surface area contributed by atoms with E-state index in [1.807, 2.05) is 24.3 Å². The van der Waals surface area contributed by atoms with Crippen LogP contribution in [0.15, 0.2) is 40.9 Å². The van der Waals surface area contributed by atoms with E-state index < -0.39 is 0 Å². The minimum atomic E-state index is 0.188. The van der Waals surface area contributed by atoms with Crippen LogP contribution in [0.1, 0.15) is 70.8 Å². The van der Waals surface area contributed by atoms with Gasteiger partial charge in [-0.25, -0.2) is 4.99 Å². The topological polar surface area (TPSA) is 38.7 Å². The van der Waals surface area contributed by atoms with Crippen LogP contribution in [-0.4, -0.2) is 24.3 Å². The summed E-state index contributed by atoms with van der Waals surface area (Å²) in [4.78, 5) is 16.9. The molecular weight excluding hydrogens is 418 g/mol. The number of aliphatic imine (C=N–C) groups is 1. The minimum absolute atomic E-state index is 0.188. The zero-order valence-corrected chi connectivity index (χ0v) is 20.0. The van der Waals surface area contributed by atoms with Crippen molar-refractivity contribution in [2.75, 3.05) is 6.54 Å². The van der Waals surface area contributed by atoms with Crippen LogP contribution in [0.4, 0.5) is 0 Å². The number of carbonyl (C=O) groups is 1. The summed E-state index contributed by atoms with van der Waals surface area (Å²) in [6.07, 6.45) is 11.5. The van der Waals surface area contributed by atoms with Gasteiger partial charge in [0.05, 0.1) is 6.54 Å². The molecule has 1 aliphatic heterocycles. The van der Waals surface area contributed by atoms with E-state index in [0.29, 0.717) is 23.5 Å². The molecule has 7 atom stereocenters. The Balaban J connectivity index is 1.22. The second-order valence-electron chi connectivity index (χ2n) is 11.5. The van der Waals surface area contributed by atoms with Gasteiger partial charge >= 0.3 is 0 Å². The first-order chi connectivity index (χ1) is 15.4. The van der Waals surface area contributed by atoms with Gasteiger partial charge in [0.2, 0.25) is 5.90 Å². The van der Waals surface area contributed by atoms with Crippen LogP contribution in [0.2, 0.25) is 5.02 Å². The van der Waals surface area contributed by atoms with Crippen LogP contribution in [-0.2, 0) is 9.53 Å². The summed E-state index contributed by atoms with van der Waals surface area (Å²) in [5.74, 6) is 4.05. The summed E-state index contributed by atoms with van der Waals surface area (Å²) in [6.45, 7) is 5.80. The van der Waals surface area contributed by atoms with Gasteiger partial charge < -0.3 is 4.74 Å². The van der Waals surface area contributed by atoms with E-state index >= 15 is 0 Å². The van der Waals surface area contributed by atoms with Crippen molar-refractivity contribution >= 4 is 23.3 Å². The Morgan fingerprint density at radius 2 is 1.94 bits per heavy atom. The number of nitrogens with zero attached hydrogens (tertiary/aromatic N) is 1. The minimum Gasteiger partial charge on any atom is -0.472 e. The number of hydrogen-bond acceptors (Lipinski definition) is 3. The van der Waals surface area contributed by atoms with Crippen molar-refractivity contribution in [3.8, 4) is 0 Å². The van der Waals surface area contributed by atoms with Gasteiger partial charge in [-0.15, -0.1) is 0 Å². The van der Waals surface area contributed by atoms with Crippen molar-refractivity contribution in [3.05, 3.63) is 46.5 Å². The van der Waals surface area contributed by atoms with Crippen LogP contribution in [0.5, 0.6) is 0 Å². The molecule has 0 unspecified atom stereocenters. The number of ether oxygens (including phenoxy) is 1. The highest BCUT2D eigenvalue weighted by Gasteiger charge is 2.60. The number of ketones is 1. The predicted molar refractivity (Wildman–Crippen MR) is 128 cm³/mol. The van der Waals surface area contributed by atoms with E-state index in [1.54, 1.807) is 0 Å².